The van der Waals surface area contributed by atoms with Gasteiger partial charge in [0.05, 0.1) is 19.3 Å². The molecule has 1 aliphatic rings. The summed E-state index contributed by atoms with van der Waals surface area (Å²) in [6, 6.07) is 12.3. The molecule has 200 valence electrons. The fourth-order valence-electron chi connectivity index (χ4n) is 4.96. The molecular weight excluding hydrogens is 466 g/mol. The highest BCUT2D eigenvalue weighted by molar-refractivity contribution is 5.43. The number of nitrogens with zero attached hydrogens (tertiary/aromatic N) is 3. The van der Waals surface area contributed by atoms with Gasteiger partial charge in [-0.15, -0.1) is 0 Å². The second kappa shape index (κ2) is 12.5. The van der Waals surface area contributed by atoms with Crippen LogP contribution in [0.4, 0.5) is 0 Å². The van der Waals surface area contributed by atoms with E-state index in [9.17, 15) is 5.11 Å². The number of likely N-dealkylation sites (tertiary alicyclic amines) is 1. The van der Waals surface area contributed by atoms with E-state index in [0.29, 0.717) is 19.6 Å². The number of ether oxygens (including phenoxy) is 3. The number of imidazole rings is 1. The molecule has 0 saturated carbocycles. The van der Waals surface area contributed by atoms with Crippen LogP contribution >= 0.6 is 0 Å². The maximum Gasteiger partial charge on any atom is 0.161 e. The van der Waals surface area contributed by atoms with Gasteiger partial charge in [-0.1, -0.05) is 23.8 Å². The lowest BCUT2D eigenvalue weighted by molar-refractivity contribution is -0.0170. The predicted octanol–water partition coefficient (Wildman–Crippen LogP) is 5.08. The average molecular weight is 508 g/mol. The summed E-state index contributed by atoms with van der Waals surface area (Å²) in [7, 11) is 1.68. The van der Waals surface area contributed by atoms with Crippen LogP contribution in [0.2, 0.25) is 0 Å². The number of aromatic nitrogens is 2. The zero-order valence-electron chi connectivity index (χ0n) is 22.7. The fraction of sp³-hybridized carbons (Fsp3) is 0.500. The van der Waals surface area contributed by atoms with Gasteiger partial charge in [0.15, 0.2) is 11.5 Å². The first-order valence-corrected chi connectivity index (χ1v) is 13.3. The van der Waals surface area contributed by atoms with Crippen molar-refractivity contribution in [3.63, 3.8) is 0 Å². The van der Waals surface area contributed by atoms with Gasteiger partial charge in [0.1, 0.15) is 18.2 Å². The van der Waals surface area contributed by atoms with Gasteiger partial charge >= 0.3 is 0 Å². The molecule has 1 fully saturated rings. The van der Waals surface area contributed by atoms with Crippen LogP contribution < -0.4 is 14.2 Å². The van der Waals surface area contributed by atoms with E-state index in [2.05, 4.69) is 39.6 Å². The lowest BCUT2D eigenvalue weighted by Gasteiger charge is -2.27. The Bertz CT molecular complexity index is 1160. The molecule has 1 aromatic heterocycles. The largest absolute Gasteiger partial charge is 0.493 e. The average Bonchev–Trinajstić information content (AvgIpc) is 3.20. The summed E-state index contributed by atoms with van der Waals surface area (Å²) in [5, 5.41) is 11.2. The van der Waals surface area contributed by atoms with Crippen molar-refractivity contribution < 1.29 is 19.3 Å². The smallest absolute Gasteiger partial charge is 0.161 e. The Labute approximate surface area is 221 Å². The summed E-state index contributed by atoms with van der Waals surface area (Å²) in [6.07, 6.45) is 7.07. The third-order valence-electron chi connectivity index (χ3n) is 7.20. The van der Waals surface area contributed by atoms with Crippen LogP contribution in [-0.2, 0) is 13.1 Å². The minimum absolute atomic E-state index is 0.324. The van der Waals surface area contributed by atoms with Gasteiger partial charge in [-0.05, 0) is 82.3 Å². The number of hydrogen-bond acceptors (Lipinski definition) is 6. The molecular formula is C30H41N3O4. The van der Waals surface area contributed by atoms with Gasteiger partial charge in [0, 0.05) is 32.0 Å². The van der Waals surface area contributed by atoms with Crippen LogP contribution in [0.15, 0.2) is 48.8 Å². The van der Waals surface area contributed by atoms with Gasteiger partial charge < -0.3 is 23.9 Å². The topological polar surface area (TPSA) is 69.0 Å². The van der Waals surface area contributed by atoms with Gasteiger partial charge in [-0.2, -0.15) is 0 Å². The Balaban J connectivity index is 1.27. The van der Waals surface area contributed by atoms with Gasteiger partial charge in [0.25, 0.3) is 0 Å². The molecule has 1 aliphatic heterocycles. The number of aryl methyl sites for hydroxylation is 4. The van der Waals surface area contributed by atoms with E-state index >= 15 is 0 Å². The molecule has 2 aromatic carbocycles. The summed E-state index contributed by atoms with van der Waals surface area (Å²) in [4.78, 5) is 6.66. The number of rotatable bonds is 11. The molecule has 2 heterocycles. The Morgan fingerprint density at radius 3 is 2.57 bits per heavy atom. The van der Waals surface area contributed by atoms with Gasteiger partial charge in [-0.25, -0.2) is 4.98 Å². The van der Waals surface area contributed by atoms with E-state index in [4.69, 9.17) is 14.2 Å². The van der Waals surface area contributed by atoms with Crippen LogP contribution in [0, 0.1) is 20.8 Å². The molecule has 4 rings (SSSR count). The molecule has 7 nitrogen and oxygen atoms in total. The first kappa shape index (κ1) is 27.0. The molecule has 0 aliphatic carbocycles. The quantitative estimate of drug-likeness (QED) is 0.365. The molecule has 0 bridgehead atoms. The zero-order valence-corrected chi connectivity index (χ0v) is 22.7. The van der Waals surface area contributed by atoms with E-state index in [-0.39, 0.29) is 0 Å². The van der Waals surface area contributed by atoms with Gasteiger partial charge in [-0.3, -0.25) is 4.90 Å². The van der Waals surface area contributed by atoms with E-state index in [1.54, 1.807) is 7.11 Å². The number of hydrogen-bond donors (Lipinski definition) is 1. The summed E-state index contributed by atoms with van der Waals surface area (Å²) < 4.78 is 19.8. The number of methoxy groups -OCH3 is 1. The van der Waals surface area contributed by atoms with Crippen LogP contribution in [0.1, 0.15) is 48.2 Å². The lowest BCUT2D eigenvalue weighted by atomic mass is 9.96. The molecule has 1 saturated heterocycles. The van der Waals surface area contributed by atoms with Crippen molar-refractivity contribution in [3.8, 4) is 17.2 Å². The van der Waals surface area contributed by atoms with E-state index in [1.165, 1.54) is 11.1 Å². The Morgan fingerprint density at radius 2 is 1.81 bits per heavy atom. The third kappa shape index (κ3) is 7.49. The van der Waals surface area contributed by atoms with Crippen LogP contribution in [-0.4, -0.2) is 58.6 Å². The highest BCUT2D eigenvalue weighted by Crippen LogP contribution is 2.30. The fourth-order valence-corrected chi connectivity index (χ4v) is 4.96. The molecule has 1 atom stereocenters. The number of aliphatic hydroxyl groups is 1. The minimum Gasteiger partial charge on any atom is -0.493 e. The molecule has 7 heteroatoms. The van der Waals surface area contributed by atoms with Crippen molar-refractivity contribution in [2.45, 2.75) is 65.1 Å². The second-order valence-corrected chi connectivity index (χ2v) is 10.3. The van der Waals surface area contributed by atoms with Crippen molar-refractivity contribution >= 4 is 0 Å². The molecule has 37 heavy (non-hydrogen) atoms. The summed E-state index contributed by atoms with van der Waals surface area (Å²) >= 11 is 0. The molecule has 0 radical (unpaired) electrons. The molecule has 1 N–H and O–H groups in total. The Kier molecular flexibility index (Phi) is 9.11. The molecule has 0 spiro atoms. The third-order valence-corrected chi connectivity index (χ3v) is 7.20. The summed E-state index contributed by atoms with van der Waals surface area (Å²) in [6.45, 7) is 10.5. The summed E-state index contributed by atoms with van der Waals surface area (Å²) in [5.41, 5.74) is 2.69. The Hall–Kier alpha value is -3.03. The van der Waals surface area contributed by atoms with Crippen molar-refractivity contribution in [2.75, 3.05) is 33.4 Å². The van der Waals surface area contributed by atoms with Gasteiger partial charge in [0.2, 0.25) is 0 Å². The highest BCUT2D eigenvalue weighted by atomic mass is 16.5. The van der Waals surface area contributed by atoms with E-state index < -0.39 is 5.60 Å². The van der Waals surface area contributed by atoms with Crippen molar-refractivity contribution in [1.82, 2.24) is 14.5 Å². The van der Waals surface area contributed by atoms with E-state index in [1.807, 2.05) is 44.4 Å². The zero-order chi connectivity index (χ0) is 26.3. The first-order valence-electron chi connectivity index (χ1n) is 13.3. The second-order valence-electron chi connectivity index (χ2n) is 10.3. The SMILES string of the molecule is COc1cc(CN2CCCC(O)(COc3ccc(C)cc3C)CC2)ccc1OCCCn1ccnc1C. The first-order chi connectivity index (χ1) is 17.8. The van der Waals surface area contributed by atoms with E-state index in [0.717, 1.165) is 74.1 Å². The maximum absolute atomic E-state index is 11.2. The summed E-state index contributed by atoms with van der Waals surface area (Å²) in [5.74, 6) is 3.39. The predicted molar refractivity (Wildman–Crippen MR) is 146 cm³/mol. The maximum atomic E-state index is 11.2. The molecule has 3 aromatic rings. The highest BCUT2D eigenvalue weighted by Gasteiger charge is 2.31. The van der Waals surface area contributed by atoms with Crippen molar-refractivity contribution in [1.29, 1.82) is 0 Å². The molecule has 0 amide bonds. The van der Waals surface area contributed by atoms with Crippen molar-refractivity contribution in [2.24, 2.45) is 0 Å². The lowest BCUT2D eigenvalue weighted by Crippen LogP contribution is -2.37. The Morgan fingerprint density at radius 1 is 0.973 bits per heavy atom. The van der Waals surface area contributed by atoms with Crippen molar-refractivity contribution in [3.05, 3.63) is 71.3 Å². The van der Waals surface area contributed by atoms with Crippen LogP contribution in [0.5, 0.6) is 17.2 Å². The van der Waals surface area contributed by atoms with Crippen LogP contribution in [0.3, 0.4) is 0 Å². The number of benzene rings is 2. The van der Waals surface area contributed by atoms with Crippen LogP contribution in [0.25, 0.3) is 0 Å². The normalized spacial score (nSPS) is 18.4. The standard InChI is InChI=1S/C30H41N3O4/c1-23-7-9-27(24(2)19-23)37-22-30(34)11-5-14-32(16-12-30)21-26-8-10-28(29(20-26)35-4)36-18-6-15-33-17-13-31-25(33)3/h7-10,13,17,19-20,34H,5-6,11-12,14-16,18,21-22H2,1-4H3. The monoisotopic (exact) mass is 507 g/mol. The molecule has 1 unspecified atom stereocenters. The minimum atomic E-state index is -0.809.